The maximum Gasteiger partial charge on any atom is 0.163 e. The van der Waals surface area contributed by atoms with Crippen molar-refractivity contribution in [2.75, 3.05) is 0 Å². The van der Waals surface area contributed by atoms with Crippen LogP contribution < -0.4 is 0 Å². The molecule has 1 aliphatic carbocycles. The molecule has 21 heavy (non-hydrogen) atoms. The van der Waals surface area contributed by atoms with E-state index in [1.165, 1.54) is 0 Å². The summed E-state index contributed by atoms with van der Waals surface area (Å²) in [5.41, 5.74) is 5.14. The maximum atomic E-state index is 11.7. The molecule has 0 fully saturated rings. The van der Waals surface area contributed by atoms with Crippen LogP contribution in [0.3, 0.4) is 0 Å². The van der Waals surface area contributed by atoms with E-state index >= 15 is 0 Å². The van der Waals surface area contributed by atoms with Crippen molar-refractivity contribution in [1.82, 2.24) is 4.98 Å². The number of carbonyl (C=O) groups excluding carboxylic acids is 1. The predicted molar refractivity (Wildman–Crippen MR) is 80.0 cm³/mol. The lowest BCUT2D eigenvalue weighted by Gasteiger charge is -2.05. The Morgan fingerprint density at radius 2 is 1.76 bits per heavy atom. The van der Waals surface area contributed by atoms with Crippen LogP contribution in [0.2, 0.25) is 0 Å². The molecule has 3 aromatic rings. The van der Waals surface area contributed by atoms with Gasteiger partial charge in [0, 0.05) is 35.5 Å². The van der Waals surface area contributed by atoms with Gasteiger partial charge in [-0.15, -0.1) is 0 Å². The number of carbonyl (C=O) groups is 1. The number of pyridine rings is 1. The first-order chi connectivity index (χ1) is 10.3. The highest BCUT2D eigenvalue weighted by Crippen LogP contribution is 2.35. The number of Topliss-reactive ketones (excluding diaryl/α,β-unsaturated/α-hetero) is 1. The number of hydrogen-bond acceptors (Lipinski definition) is 3. The summed E-state index contributed by atoms with van der Waals surface area (Å²) in [4.78, 5) is 15.8. The number of hydrogen-bond donors (Lipinski definition) is 0. The van der Waals surface area contributed by atoms with E-state index in [1.54, 1.807) is 18.7 Å². The van der Waals surface area contributed by atoms with Crippen LogP contribution in [0.25, 0.3) is 22.5 Å². The van der Waals surface area contributed by atoms with Gasteiger partial charge < -0.3 is 4.42 Å². The standard InChI is InChI=1S/C18H13NO2/c20-17-4-2-13-11-14(1-3-15(13)17)16-7-10-21-18(16)12-5-8-19-9-6-12/h1,3,5-11H,2,4H2. The minimum Gasteiger partial charge on any atom is -0.464 e. The Labute approximate surface area is 122 Å². The number of ketones is 1. The Balaban J connectivity index is 1.82. The van der Waals surface area contributed by atoms with Crippen LogP contribution >= 0.6 is 0 Å². The van der Waals surface area contributed by atoms with Crippen LogP contribution in [-0.4, -0.2) is 10.8 Å². The Morgan fingerprint density at radius 3 is 2.62 bits per heavy atom. The molecule has 1 aliphatic rings. The minimum absolute atomic E-state index is 0.248. The van der Waals surface area contributed by atoms with Crippen LogP contribution in [-0.2, 0) is 6.42 Å². The van der Waals surface area contributed by atoms with Gasteiger partial charge in [0.1, 0.15) is 5.76 Å². The van der Waals surface area contributed by atoms with E-state index in [2.05, 4.69) is 11.1 Å². The highest BCUT2D eigenvalue weighted by molar-refractivity contribution is 6.01. The average Bonchev–Trinajstić information content (AvgIpc) is 3.15. The van der Waals surface area contributed by atoms with Gasteiger partial charge in [-0.25, -0.2) is 0 Å². The summed E-state index contributed by atoms with van der Waals surface area (Å²) >= 11 is 0. The van der Waals surface area contributed by atoms with Crippen molar-refractivity contribution in [3.8, 4) is 22.5 Å². The van der Waals surface area contributed by atoms with Gasteiger partial charge in [0.25, 0.3) is 0 Å². The van der Waals surface area contributed by atoms with Gasteiger partial charge in [0.15, 0.2) is 5.78 Å². The zero-order chi connectivity index (χ0) is 14.2. The van der Waals surface area contributed by atoms with Crippen molar-refractivity contribution >= 4 is 5.78 Å². The second-order valence-corrected chi connectivity index (χ2v) is 5.19. The van der Waals surface area contributed by atoms with E-state index < -0.39 is 0 Å². The van der Waals surface area contributed by atoms with Crippen LogP contribution in [0, 0.1) is 0 Å². The monoisotopic (exact) mass is 275 g/mol. The molecule has 3 nitrogen and oxygen atoms in total. The fourth-order valence-corrected chi connectivity index (χ4v) is 2.89. The Hall–Kier alpha value is -2.68. The lowest BCUT2D eigenvalue weighted by atomic mass is 9.99. The van der Waals surface area contributed by atoms with E-state index in [0.29, 0.717) is 6.42 Å². The molecule has 2 aromatic heterocycles. The van der Waals surface area contributed by atoms with Crippen molar-refractivity contribution < 1.29 is 9.21 Å². The number of aromatic nitrogens is 1. The summed E-state index contributed by atoms with van der Waals surface area (Å²) < 4.78 is 5.65. The summed E-state index contributed by atoms with van der Waals surface area (Å²) in [6, 6.07) is 11.9. The van der Waals surface area contributed by atoms with Crippen LogP contribution in [0.15, 0.2) is 59.5 Å². The third-order valence-electron chi connectivity index (χ3n) is 3.95. The molecule has 4 rings (SSSR count). The normalized spacial score (nSPS) is 13.4. The van der Waals surface area contributed by atoms with Crippen molar-refractivity contribution in [2.45, 2.75) is 12.8 Å². The molecule has 0 spiro atoms. The Morgan fingerprint density at radius 1 is 0.905 bits per heavy atom. The van der Waals surface area contributed by atoms with Crippen molar-refractivity contribution in [2.24, 2.45) is 0 Å². The first-order valence-electron chi connectivity index (χ1n) is 6.97. The van der Waals surface area contributed by atoms with Gasteiger partial charge in [0.05, 0.1) is 6.26 Å². The van der Waals surface area contributed by atoms with E-state index in [-0.39, 0.29) is 5.78 Å². The van der Waals surface area contributed by atoms with Crippen LogP contribution in [0.4, 0.5) is 0 Å². The summed E-state index contributed by atoms with van der Waals surface area (Å²) in [5, 5.41) is 0. The summed E-state index contributed by atoms with van der Waals surface area (Å²) in [7, 11) is 0. The smallest absolute Gasteiger partial charge is 0.163 e. The molecule has 0 N–H and O–H groups in total. The summed E-state index contributed by atoms with van der Waals surface area (Å²) in [6.45, 7) is 0. The summed E-state index contributed by atoms with van der Waals surface area (Å²) in [6.07, 6.45) is 6.67. The largest absolute Gasteiger partial charge is 0.464 e. The first kappa shape index (κ1) is 12.1. The van der Waals surface area contributed by atoms with Crippen LogP contribution in [0.5, 0.6) is 0 Å². The molecule has 0 radical (unpaired) electrons. The van der Waals surface area contributed by atoms with Crippen molar-refractivity contribution in [1.29, 1.82) is 0 Å². The zero-order valence-corrected chi connectivity index (χ0v) is 11.4. The van der Waals surface area contributed by atoms with E-state index in [1.807, 2.05) is 30.3 Å². The predicted octanol–water partition coefficient (Wildman–Crippen LogP) is 4.14. The highest BCUT2D eigenvalue weighted by atomic mass is 16.3. The SMILES string of the molecule is O=C1CCc2cc(-c3ccoc3-c3ccncc3)ccc21. The number of aryl methyl sites for hydroxylation is 1. The molecule has 2 heterocycles. The Bertz CT molecular complexity index is 818. The molecule has 0 saturated heterocycles. The number of nitrogens with zero attached hydrogens (tertiary/aromatic N) is 1. The average molecular weight is 275 g/mol. The van der Waals surface area contributed by atoms with Gasteiger partial charge in [-0.05, 0) is 35.7 Å². The summed E-state index contributed by atoms with van der Waals surface area (Å²) in [5.74, 6) is 1.08. The molecular weight excluding hydrogens is 262 g/mol. The topological polar surface area (TPSA) is 43.1 Å². The highest BCUT2D eigenvalue weighted by Gasteiger charge is 2.20. The number of fused-ring (bicyclic) bond motifs is 1. The molecular formula is C18H13NO2. The molecule has 3 heteroatoms. The first-order valence-corrected chi connectivity index (χ1v) is 6.97. The minimum atomic E-state index is 0.248. The van der Waals surface area contributed by atoms with Crippen molar-refractivity contribution in [3.05, 3.63) is 66.2 Å². The molecule has 0 aliphatic heterocycles. The zero-order valence-electron chi connectivity index (χ0n) is 11.4. The molecule has 0 atom stereocenters. The van der Waals surface area contributed by atoms with E-state index in [9.17, 15) is 4.79 Å². The molecule has 0 bridgehead atoms. The number of benzene rings is 1. The lowest BCUT2D eigenvalue weighted by molar-refractivity contribution is 0.0994. The van der Waals surface area contributed by atoms with Gasteiger partial charge in [-0.2, -0.15) is 0 Å². The molecule has 0 saturated carbocycles. The fourth-order valence-electron chi connectivity index (χ4n) is 2.89. The van der Waals surface area contributed by atoms with E-state index in [4.69, 9.17) is 4.42 Å². The van der Waals surface area contributed by atoms with Gasteiger partial charge >= 0.3 is 0 Å². The molecule has 1 aromatic carbocycles. The van der Waals surface area contributed by atoms with Gasteiger partial charge in [-0.1, -0.05) is 18.2 Å². The third kappa shape index (κ3) is 1.98. The number of rotatable bonds is 2. The molecule has 0 unspecified atom stereocenters. The maximum absolute atomic E-state index is 11.7. The quantitative estimate of drug-likeness (QED) is 0.706. The van der Waals surface area contributed by atoms with Crippen LogP contribution in [0.1, 0.15) is 22.3 Å². The van der Waals surface area contributed by atoms with Gasteiger partial charge in [0.2, 0.25) is 0 Å². The Kier molecular flexibility index (Phi) is 2.71. The lowest BCUT2D eigenvalue weighted by Crippen LogP contribution is -1.91. The van der Waals surface area contributed by atoms with E-state index in [0.717, 1.165) is 40.0 Å². The molecule has 102 valence electrons. The molecule has 0 amide bonds. The van der Waals surface area contributed by atoms with Gasteiger partial charge in [-0.3, -0.25) is 9.78 Å². The van der Waals surface area contributed by atoms with Crippen molar-refractivity contribution in [3.63, 3.8) is 0 Å². The third-order valence-corrected chi connectivity index (χ3v) is 3.95. The fraction of sp³-hybridized carbons (Fsp3) is 0.111. The second-order valence-electron chi connectivity index (χ2n) is 5.19. The number of furan rings is 1. The second kappa shape index (κ2) is 4.70.